The molecule has 5 rings (SSSR count). The number of aliphatic hydroxyl groups is 1. The van der Waals surface area contributed by atoms with Crippen molar-refractivity contribution in [1.29, 1.82) is 0 Å². The molecule has 1 aromatic carbocycles. The smallest absolute Gasteiger partial charge is 0.160 e. The van der Waals surface area contributed by atoms with Crippen LogP contribution in [-0.2, 0) is 6.42 Å². The number of benzene rings is 1. The molecule has 3 aromatic rings. The maximum Gasteiger partial charge on any atom is 0.160 e. The summed E-state index contributed by atoms with van der Waals surface area (Å²) in [5.74, 6) is 2.72. The molecule has 0 radical (unpaired) electrons. The summed E-state index contributed by atoms with van der Waals surface area (Å²) in [5, 5.41) is 17.2. The Bertz CT molecular complexity index is 1220. The van der Waals surface area contributed by atoms with Gasteiger partial charge in [-0.05, 0) is 90.1 Å². The van der Waals surface area contributed by atoms with Gasteiger partial charge in [0, 0.05) is 30.4 Å². The molecule has 1 aliphatic carbocycles. The van der Waals surface area contributed by atoms with E-state index >= 15 is 0 Å². The minimum absolute atomic E-state index is 0.216. The Morgan fingerprint density at radius 1 is 1.16 bits per heavy atom. The molecule has 2 unspecified atom stereocenters. The molecule has 0 bridgehead atoms. The molecule has 8 heteroatoms. The van der Waals surface area contributed by atoms with Gasteiger partial charge in [-0.1, -0.05) is 23.7 Å². The summed E-state index contributed by atoms with van der Waals surface area (Å²) in [6.45, 7) is 9.12. The number of nitrogens with zero attached hydrogens (tertiary/aromatic N) is 4. The van der Waals surface area contributed by atoms with E-state index in [1.54, 1.807) is 0 Å². The van der Waals surface area contributed by atoms with Gasteiger partial charge >= 0.3 is 0 Å². The van der Waals surface area contributed by atoms with Crippen molar-refractivity contribution in [2.75, 3.05) is 33.3 Å². The second-order valence-corrected chi connectivity index (χ2v) is 11.0. The van der Waals surface area contributed by atoms with Crippen LogP contribution in [0, 0.1) is 26.7 Å². The molecule has 0 amide bonds. The Kier molecular flexibility index (Phi) is 8.41. The van der Waals surface area contributed by atoms with E-state index in [4.69, 9.17) is 19.2 Å². The van der Waals surface area contributed by atoms with E-state index in [2.05, 4.69) is 22.3 Å². The minimum atomic E-state index is -0.577. The summed E-state index contributed by atoms with van der Waals surface area (Å²) >= 11 is 0. The molecule has 1 aliphatic heterocycles. The fourth-order valence-electron chi connectivity index (χ4n) is 5.79. The Labute approximate surface area is 225 Å². The van der Waals surface area contributed by atoms with Crippen LogP contribution in [0.4, 0.5) is 0 Å². The fourth-order valence-corrected chi connectivity index (χ4v) is 5.79. The Balaban J connectivity index is 1.47. The summed E-state index contributed by atoms with van der Waals surface area (Å²) in [4.78, 5) is 12.9. The zero-order valence-corrected chi connectivity index (χ0v) is 23.2. The maximum absolute atomic E-state index is 10.1. The number of nitrogens with one attached hydrogen (secondary N) is 1. The first kappa shape index (κ1) is 26.8. The highest BCUT2D eigenvalue weighted by Crippen LogP contribution is 2.35. The third-order valence-electron chi connectivity index (χ3n) is 8.11. The van der Waals surface area contributed by atoms with E-state index in [-0.39, 0.29) is 6.61 Å². The third kappa shape index (κ3) is 5.92. The van der Waals surface area contributed by atoms with E-state index in [0.717, 1.165) is 58.5 Å². The van der Waals surface area contributed by atoms with Gasteiger partial charge in [0.2, 0.25) is 0 Å². The molecule has 1 saturated carbocycles. The monoisotopic (exact) mass is 519 g/mol. The number of aryl methyl sites for hydroxylation is 2. The lowest BCUT2D eigenvalue weighted by molar-refractivity contribution is 0.0767. The lowest BCUT2D eigenvalue weighted by atomic mass is 9.86. The summed E-state index contributed by atoms with van der Waals surface area (Å²) < 4.78 is 11.4. The van der Waals surface area contributed by atoms with Crippen LogP contribution in [0.3, 0.4) is 0 Å². The number of aromatic nitrogens is 3. The van der Waals surface area contributed by atoms with E-state index in [0.29, 0.717) is 24.0 Å². The molecular weight excluding hydrogens is 478 g/mol. The second-order valence-electron chi connectivity index (χ2n) is 11.0. The highest BCUT2D eigenvalue weighted by molar-refractivity contribution is 5.71. The summed E-state index contributed by atoms with van der Waals surface area (Å²) in [5.41, 5.74) is 5.77. The molecule has 0 spiro atoms. The lowest BCUT2D eigenvalue weighted by Crippen LogP contribution is -2.46. The van der Waals surface area contributed by atoms with Crippen LogP contribution in [0.1, 0.15) is 54.8 Å². The van der Waals surface area contributed by atoms with Crippen LogP contribution in [-0.4, -0.2) is 70.6 Å². The number of aliphatic hydroxyl groups excluding tert-OH is 1. The predicted octanol–water partition coefficient (Wildman–Crippen LogP) is 4.49. The second kappa shape index (κ2) is 11.9. The van der Waals surface area contributed by atoms with Gasteiger partial charge in [0.25, 0.3) is 0 Å². The molecule has 3 heterocycles. The normalized spacial score (nSPS) is 19.3. The maximum atomic E-state index is 10.1. The van der Waals surface area contributed by atoms with E-state index in [9.17, 15) is 5.11 Å². The van der Waals surface area contributed by atoms with Crippen molar-refractivity contribution in [3.63, 3.8) is 0 Å². The van der Waals surface area contributed by atoms with Crippen molar-refractivity contribution in [3.05, 3.63) is 47.0 Å². The highest BCUT2D eigenvalue weighted by Gasteiger charge is 2.30. The average molecular weight is 520 g/mol. The van der Waals surface area contributed by atoms with Crippen LogP contribution in [0.2, 0.25) is 0 Å². The first-order valence-electron chi connectivity index (χ1n) is 14.0. The van der Waals surface area contributed by atoms with Crippen LogP contribution < -0.4 is 10.1 Å². The Morgan fingerprint density at radius 2 is 2.00 bits per heavy atom. The van der Waals surface area contributed by atoms with Gasteiger partial charge in [0.1, 0.15) is 24.2 Å². The number of likely N-dealkylation sites (tertiary alicyclic amines) is 1. The van der Waals surface area contributed by atoms with Crippen molar-refractivity contribution in [2.24, 2.45) is 5.92 Å². The number of hydrogen-bond acceptors (Lipinski definition) is 8. The Morgan fingerprint density at radius 3 is 2.71 bits per heavy atom. The number of piperidine rings is 1. The van der Waals surface area contributed by atoms with Crippen LogP contribution >= 0.6 is 0 Å². The third-order valence-corrected chi connectivity index (χ3v) is 8.11. The lowest BCUT2D eigenvalue weighted by Gasteiger charge is -2.42. The fraction of sp³-hybridized carbons (Fsp3) is 0.567. The number of likely N-dealkylation sites (N-methyl/N-ethyl adjacent to an activating group) is 1. The van der Waals surface area contributed by atoms with Gasteiger partial charge in [0.15, 0.2) is 5.82 Å². The minimum Gasteiger partial charge on any atom is -0.491 e. The van der Waals surface area contributed by atoms with Gasteiger partial charge in [0.05, 0.1) is 17.0 Å². The van der Waals surface area contributed by atoms with Crippen molar-refractivity contribution in [3.8, 4) is 28.4 Å². The number of hydrogen-bond donors (Lipinski definition) is 2. The number of rotatable bonds is 10. The molecule has 1 saturated heterocycles. The van der Waals surface area contributed by atoms with E-state index < -0.39 is 6.10 Å². The molecule has 2 aliphatic rings. The standard InChI is InChI=1S/C30H41N5O3/c1-19-27(14-22-8-7-13-35(17-22)24-10-6-11-24)32-30(33-29(19)28-20(2)34-38-21(28)3)23-9-5-12-26(15-23)37-18-25(36)16-31-4/h5,9,12,15,22,24-25,31,36H,6-8,10-11,13-14,16-18H2,1-4H3. The molecule has 2 fully saturated rings. The molecule has 8 nitrogen and oxygen atoms in total. The molecular formula is C30H41N5O3. The van der Waals surface area contributed by atoms with E-state index in [1.807, 2.05) is 45.2 Å². The quantitative estimate of drug-likeness (QED) is 0.405. The van der Waals surface area contributed by atoms with Gasteiger partial charge in [-0.3, -0.25) is 0 Å². The molecule has 2 atom stereocenters. The van der Waals surface area contributed by atoms with Crippen LogP contribution in [0.25, 0.3) is 22.6 Å². The molecule has 2 aromatic heterocycles. The summed E-state index contributed by atoms with van der Waals surface area (Å²) in [6.07, 6.45) is 6.93. The van der Waals surface area contributed by atoms with Crippen LogP contribution in [0.15, 0.2) is 28.8 Å². The van der Waals surface area contributed by atoms with Crippen molar-refractivity contribution in [2.45, 2.75) is 71.4 Å². The number of ether oxygens (including phenoxy) is 1. The van der Waals surface area contributed by atoms with Crippen LogP contribution in [0.5, 0.6) is 5.75 Å². The van der Waals surface area contributed by atoms with Crippen molar-refractivity contribution in [1.82, 2.24) is 25.3 Å². The van der Waals surface area contributed by atoms with Gasteiger partial charge in [-0.15, -0.1) is 0 Å². The first-order valence-corrected chi connectivity index (χ1v) is 14.0. The van der Waals surface area contributed by atoms with E-state index in [1.165, 1.54) is 38.6 Å². The van der Waals surface area contributed by atoms with Gasteiger partial charge in [-0.25, -0.2) is 9.97 Å². The SMILES string of the molecule is CNCC(O)COc1cccc(-c2nc(CC3CCCN(C4CCC4)C3)c(C)c(-c3c(C)noc3C)n2)c1. The Hall–Kier alpha value is -2.81. The zero-order valence-electron chi connectivity index (χ0n) is 23.2. The van der Waals surface area contributed by atoms with Crippen molar-refractivity contribution < 1.29 is 14.4 Å². The zero-order chi connectivity index (χ0) is 26.6. The molecule has 204 valence electrons. The van der Waals surface area contributed by atoms with Crippen molar-refractivity contribution >= 4 is 0 Å². The molecule has 2 N–H and O–H groups in total. The predicted molar refractivity (Wildman–Crippen MR) is 148 cm³/mol. The topological polar surface area (TPSA) is 96.5 Å². The highest BCUT2D eigenvalue weighted by atomic mass is 16.5. The van der Waals surface area contributed by atoms with Gasteiger partial charge < -0.3 is 24.6 Å². The summed E-state index contributed by atoms with van der Waals surface area (Å²) in [7, 11) is 1.81. The largest absolute Gasteiger partial charge is 0.491 e. The average Bonchev–Trinajstić information content (AvgIpc) is 3.21. The molecule has 38 heavy (non-hydrogen) atoms. The first-order chi connectivity index (χ1) is 18.4. The van der Waals surface area contributed by atoms with Gasteiger partial charge in [-0.2, -0.15) is 0 Å². The summed E-state index contributed by atoms with van der Waals surface area (Å²) in [6, 6.07) is 8.60.